The maximum Gasteiger partial charge on any atom is 0.407 e. The van der Waals surface area contributed by atoms with Gasteiger partial charge in [-0.1, -0.05) is 25.9 Å². The number of carbonyl (C=O) groups is 1. The number of nitrogens with one attached hydrogen (secondary N) is 1. The molecule has 1 N–H and O–H groups in total. The van der Waals surface area contributed by atoms with Gasteiger partial charge in [0.25, 0.3) is 0 Å². The summed E-state index contributed by atoms with van der Waals surface area (Å²) in [7, 11) is 0. The summed E-state index contributed by atoms with van der Waals surface area (Å²) in [5, 5.41) is 15.6. The van der Waals surface area contributed by atoms with Gasteiger partial charge in [-0.3, -0.25) is 0 Å². The van der Waals surface area contributed by atoms with Gasteiger partial charge in [-0.25, -0.2) is 4.79 Å². The van der Waals surface area contributed by atoms with Crippen LogP contribution in [0.2, 0.25) is 0 Å². The third-order valence-corrected chi connectivity index (χ3v) is 7.24. The molecule has 2 aliphatic rings. The van der Waals surface area contributed by atoms with E-state index in [1.807, 2.05) is 32.9 Å². The average Bonchev–Trinajstić information content (AvgIpc) is 3.54. The monoisotopic (exact) mass is 529 g/mol. The van der Waals surface area contributed by atoms with Gasteiger partial charge < -0.3 is 29.1 Å². The lowest BCUT2D eigenvalue weighted by molar-refractivity contribution is 0.0509. The summed E-state index contributed by atoms with van der Waals surface area (Å²) < 4.78 is 16.7. The molecule has 1 amide bonds. The van der Waals surface area contributed by atoms with Crippen molar-refractivity contribution in [1.29, 1.82) is 0 Å². The largest absolute Gasteiger partial charge is 0.477 e. The van der Waals surface area contributed by atoms with Gasteiger partial charge in [-0.15, -0.1) is 10.2 Å². The van der Waals surface area contributed by atoms with Gasteiger partial charge in [-0.05, 0) is 64.4 Å². The van der Waals surface area contributed by atoms with E-state index >= 15 is 0 Å². The summed E-state index contributed by atoms with van der Waals surface area (Å²) in [6, 6.07) is 4.48. The van der Waals surface area contributed by atoms with E-state index in [9.17, 15) is 4.79 Å². The number of piperidine rings is 1. The molecule has 2 aromatic rings. The molecule has 0 spiro atoms. The third-order valence-electron chi connectivity index (χ3n) is 7.24. The fraction of sp³-hybridized carbons (Fsp3) is 0.741. The number of hydrogen-bond donors (Lipinski definition) is 1. The normalized spacial score (nSPS) is 19.6. The molecule has 2 saturated heterocycles. The second-order valence-corrected chi connectivity index (χ2v) is 11.8. The van der Waals surface area contributed by atoms with E-state index in [4.69, 9.17) is 14.0 Å². The first-order valence-electron chi connectivity index (χ1n) is 13.9. The van der Waals surface area contributed by atoms with Crippen LogP contribution in [0, 0.1) is 11.8 Å². The highest BCUT2D eigenvalue weighted by Crippen LogP contribution is 2.30. The smallest absolute Gasteiger partial charge is 0.407 e. The Bertz CT molecular complexity index is 1030. The maximum atomic E-state index is 12.0. The van der Waals surface area contributed by atoms with E-state index in [0.29, 0.717) is 36.9 Å². The number of rotatable bonds is 9. The number of ether oxygens (including phenoxy) is 2. The number of nitrogens with zero attached hydrogens (tertiary/aromatic N) is 6. The molecule has 0 saturated carbocycles. The van der Waals surface area contributed by atoms with Crippen molar-refractivity contribution in [3.8, 4) is 5.88 Å². The Labute approximate surface area is 225 Å². The molecule has 2 fully saturated rings. The lowest BCUT2D eigenvalue weighted by Crippen LogP contribution is -2.40. The topological polar surface area (TPSA) is 119 Å². The van der Waals surface area contributed by atoms with Gasteiger partial charge in [0.15, 0.2) is 11.6 Å². The van der Waals surface area contributed by atoms with Crippen LogP contribution >= 0.6 is 0 Å². The Morgan fingerprint density at radius 2 is 1.84 bits per heavy atom. The van der Waals surface area contributed by atoms with Crippen molar-refractivity contribution in [2.45, 2.75) is 84.8 Å². The van der Waals surface area contributed by atoms with Crippen LogP contribution in [0.15, 0.2) is 16.7 Å². The zero-order chi connectivity index (χ0) is 27.3. The van der Waals surface area contributed by atoms with E-state index in [-0.39, 0.29) is 18.1 Å². The summed E-state index contributed by atoms with van der Waals surface area (Å²) in [5.74, 6) is 3.56. The quantitative estimate of drug-likeness (QED) is 0.500. The number of aromatic nitrogens is 4. The summed E-state index contributed by atoms with van der Waals surface area (Å²) in [6.07, 6.45) is 3.63. The zero-order valence-corrected chi connectivity index (χ0v) is 23.6. The number of amides is 1. The Kier molecular flexibility index (Phi) is 8.94. The maximum absolute atomic E-state index is 12.0. The minimum absolute atomic E-state index is 0.0282. The van der Waals surface area contributed by atoms with Crippen molar-refractivity contribution in [1.82, 2.24) is 25.7 Å². The minimum atomic E-state index is -0.507. The molecular formula is C27H43N7O4. The van der Waals surface area contributed by atoms with Crippen LogP contribution < -0.4 is 19.9 Å². The Morgan fingerprint density at radius 1 is 1.11 bits per heavy atom. The molecule has 4 heterocycles. The van der Waals surface area contributed by atoms with Crippen molar-refractivity contribution in [3.05, 3.63) is 18.0 Å². The predicted molar refractivity (Wildman–Crippen MR) is 145 cm³/mol. The summed E-state index contributed by atoms with van der Waals surface area (Å²) >= 11 is 0. The Hall–Kier alpha value is -3.11. The van der Waals surface area contributed by atoms with Gasteiger partial charge in [0.05, 0.1) is 12.6 Å². The van der Waals surface area contributed by atoms with Crippen LogP contribution in [0.5, 0.6) is 5.88 Å². The second kappa shape index (κ2) is 12.2. The molecule has 11 nitrogen and oxygen atoms in total. The minimum Gasteiger partial charge on any atom is -0.477 e. The molecule has 0 unspecified atom stereocenters. The van der Waals surface area contributed by atoms with Gasteiger partial charge in [0.2, 0.25) is 5.88 Å². The Morgan fingerprint density at radius 3 is 2.47 bits per heavy atom. The Balaban J connectivity index is 1.15. The molecule has 0 aromatic carbocycles. The van der Waals surface area contributed by atoms with Gasteiger partial charge in [-0.2, -0.15) is 4.98 Å². The van der Waals surface area contributed by atoms with Crippen molar-refractivity contribution in [3.63, 3.8) is 0 Å². The van der Waals surface area contributed by atoms with Gasteiger partial charge in [0.1, 0.15) is 5.60 Å². The number of hydrogen-bond acceptors (Lipinski definition) is 10. The van der Waals surface area contributed by atoms with Gasteiger partial charge >= 0.3 is 12.1 Å². The van der Waals surface area contributed by atoms with Crippen LogP contribution in [-0.2, 0) is 4.74 Å². The molecule has 0 aliphatic carbocycles. The molecule has 2 aromatic heterocycles. The van der Waals surface area contributed by atoms with Crippen molar-refractivity contribution in [2.75, 3.05) is 42.6 Å². The molecular weight excluding hydrogens is 486 g/mol. The van der Waals surface area contributed by atoms with Crippen LogP contribution in [0.25, 0.3) is 0 Å². The highest BCUT2D eigenvalue weighted by molar-refractivity contribution is 5.68. The fourth-order valence-electron chi connectivity index (χ4n) is 4.95. The zero-order valence-electron chi connectivity index (χ0n) is 23.6. The molecule has 38 heavy (non-hydrogen) atoms. The third kappa shape index (κ3) is 7.70. The van der Waals surface area contributed by atoms with Gasteiger partial charge in [0, 0.05) is 38.2 Å². The van der Waals surface area contributed by atoms with E-state index < -0.39 is 5.60 Å². The lowest BCUT2D eigenvalue weighted by atomic mass is 9.84. The average molecular weight is 530 g/mol. The van der Waals surface area contributed by atoms with Crippen LogP contribution in [0.3, 0.4) is 0 Å². The van der Waals surface area contributed by atoms with Crippen molar-refractivity contribution in [2.24, 2.45) is 11.8 Å². The van der Waals surface area contributed by atoms with Crippen molar-refractivity contribution >= 4 is 17.9 Å². The number of anilines is 2. The summed E-state index contributed by atoms with van der Waals surface area (Å²) in [4.78, 5) is 20.9. The highest BCUT2D eigenvalue weighted by Gasteiger charge is 2.28. The molecule has 210 valence electrons. The predicted octanol–water partition coefficient (Wildman–Crippen LogP) is 4.41. The fourth-order valence-corrected chi connectivity index (χ4v) is 4.95. The van der Waals surface area contributed by atoms with Crippen LogP contribution in [0.4, 0.5) is 16.6 Å². The lowest BCUT2D eigenvalue weighted by Gasteiger charge is -2.33. The summed E-state index contributed by atoms with van der Waals surface area (Å²) in [6.45, 7) is 16.0. The first kappa shape index (κ1) is 27.9. The molecule has 11 heteroatoms. The summed E-state index contributed by atoms with van der Waals surface area (Å²) in [5.41, 5.74) is -0.507. The van der Waals surface area contributed by atoms with E-state index in [0.717, 1.165) is 57.0 Å². The SMILES string of the molecule is CC(C)c1noc(N2CCC([C@H](C)CCOc3ccc(N4CC[C@@H](NC(=O)OC(C)(C)C)C4)nn3)CC2)n1. The first-order chi connectivity index (χ1) is 18.1. The molecule has 0 bridgehead atoms. The van der Waals surface area contributed by atoms with E-state index in [1.54, 1.807) is 0 Å². The van der Waals surface area contributed by atoms with E-state index in [2.05, 4.69) is 56.2 Å². The molecule has 2 atom stereocenters. The van der Waals surface area contributed by atoms with Crippen molar-refractivity contribution < 1.29 is 18.8 Å². The molecule has 4 rings (SSSR count). The highest BCUT2D eigenvalue weighted by atomic mass is 16.6. The van der Waals surface area contributed by atoms with E-state index in [1.165, 1.54) is 0 Å². The second-order valence-electron chi connectivity index (χ2n) is 11.8. The van der Waals surface area contributed by atoms with Crippen LogP contribution in [-0.4, -0.2) is 70.9 Å². The molecule has 0 radical (unpaired) electrons. The number of alkyl carbamates (subject to hydrolysis) is 1. The van der Waals surface area contributed by atoms with Crippen LogP contribution in [0.1, 0.15) is 79.0 Å². The first-order valence-corrected chi connectivity index (χ1v) is 13.9. The molecule has 2 aliphatic heterocycles. The number of carbonyl (C=O) groups excluding carboxylic acids is 1. The standard InChI is InChI=1S/C27H43N7O4/c1-18(2)24-29-25(38-32-24)33-13-9-20(10-14-33)19(3)12-16-36-23-8-7-22(30-31-23)34-15-11-21(17-34)28-26(35)37-27(4,5)6/h7-8,18-21H,9-17H2,1-6H3,(H,28,35)/t19-,21-/m1/s1.